The van der Waals surface area contributed by atoms with Gasteiger partial charge in [-0.2, -0.15) is 5.10 Å². The molecule has 0 saturated carbocycles. The number of aryl methyl sites for hydroxylation is 1. The number of fused-ring (bicyclic) bond motifs is 1. The molecule has 0 atom stereocenters. The van der Waals surface area contributed by atoms with E-state index in [0.29, 0.717) is 12.2 Å². The third-order valence-electron chi connectivity index (χ3n) is 3.51. The normalized spacial score (nSPS) is 11.3. The van der Waals surface area contributed by atoms with Gasteiger partial charge in [0.25, 0.3) is 0 Å². The van der Waals surface area contributed by atoms with Crippen molar-refractivity contribution < 1.29 is 9.90 Å². The molecule has 1 N–H and O–H groups in total. The van der Waals surface area contributed by atoms with Gasteiger partial charge < -0.3 is 5.11 Å². The highest BCUT2D eigenvalue weighted by Gasteiger charge is 2.13. The van der Waals surface area contributed by atoms with Crippen LogP contribution in [0.5, 0.6) is 0 Å². The van der Waals surface area contributed by atoms with Crippen LogP contribution in [-0.2, 0) is 13.1 Å². The molecule has 0 bridgehead atoms. The first kappa shape index (κ1) is 15.1. The zero-order valence-corrected chi connectivity index (χ0v) is 13.0. The highest BCUT2D eigenvalue weighted by Crippen LogP contribution is 2.11. The number of nitrogens with zero attached hydrogens (tertiary/aromatic N) is 5. The third kappa shape index (κ3) is 3.35. The maximum absolute atomic E-state index is 11.1. The fourth-order valence-electron chi connectivity index (χ4n) is 2.53. The Bertz CT molecular complexity index is 859. The van der Waals surface area contributed by atoms with Gasteiger partial charge in [0.05, 0.1) is 6.20 Å². The molecule has 0 radical (unpaired) electrons. The van der Waals surface area contributed by atoms with Crippen LogP contribution < -0.4 is 0 Å². The van der Waals surface area contributed by atoms with E-state index in [-0.39, 0.29) is 5.56 Å². The van der Waals surface area contributed by atoms with Crippen LogP contribution in [0, 0.1) is 6.92 Å². The second-order valence-electron chi connectivity index (χ2n) is 5.57. The molecule has 0 aliphatic heterocycles. The van der Waals surface area contributed by atoms with E-state index in [0.717, 1.165) is 17.8 Å². The number of aromatic nitrogens is 4. The molecular weight excluding hydrogens is 294 g/mol. The molecule has 0 amide bonds. The summed E-state index contributed by atoms with van der Waals surface area (Å²) in [6.07, 6.45) is 6.63. The van der Waals surface area contributed by atoms with Crippen molar-refractivity contribution in [3.8, 4) is 0 Å². The van der Waals surface area contributed by atoms with Crippen molar-refractivity contribution in [3.05, 3.63) is 59.3 Å². The first-order chi connectivity index (χ1) is 11.0. The third-order valence-corrected chi connectivity index (χ3v) is 3.51. The highest BCUT2D eigenvalue weighted by molar-refractivity contribution is 5.93. The number of carbonyl (C=O) groups is 1. The first-order valence-corrected chi connectivity index (χ1v) is 7.18. The molecule has 3 aromatic heterocycles. The predicted molar refractivity (Wildman–Crippen MR) is 84.1 cm³/mol. The summed E-state index contributed by atoms with van der Waals surface area (Å²) in [5.41, 5.74) is 3.62. The number of aromatic carboxylic acids is 1. The molecule has 7 nitrogen and oxygen atoms in total. The standard InChI is InChI=1S/C16H17N5O2/c1-11-5-12(3-4-17-11)8-20(2)9-13-6-18-15-14(16(22)23)7-19-21(15)10-13/h3-7,10H,8-9H2,1-2H3,(H,22,23). The smallest absolute Gasteiger partial charge is 0.341 e. The van der Waals surface area contributed by atoms with Crippen LogP contribution in [0.2, 0.25) is 0 Å². The Morgan fingerprint density at radius 3 is 2.78 bits per heavy atom. The van der Waals surface area contributed by atoms with Gasteiger partial charge in [0.1, 0.15) is 5.56 Å². The monoisotopic (exact) mass is 311 g/mol. The number of hydrogen-bond acceptors (Lipinski definition) is 5. The van der Waals surface area contributed by atoms with E-state index in [1.165, 1.54) is 16.3 Å². The van der Waals surface area contributed by atoms with Crippen molar-refractivity contribution in [2.45, 2.75) is 20.0 Å². The molecule has 7 heteroatoms. The van der Waals surface area contributed by atoms with Crippen LogP contribution in [0.25, 0.3) is 5.65 Å². The lowest BCUT2D eigenvalue weighted by atomic mass is 10.2. The van der Waals surface area contributed by atoms with Crippen molar-refractivity contribution >= 4 is 11.6 Å². The summed E-state index contributed by atoms with van der Waals surface area (Å²) in [5.74, 6) is -1.02. The van der Waals surface area contributed by atoms with Crippen LogP contribution in [0.15, 0.2) is 36.9 Å². The minimum absolute atomic E-state index is 0.108. The van der Waals surface area contributed by atoms with Gasteiger partial charge >= 0.3 is 5.97 Å². The molecule has 0 spiro atoms. The minimum Gasteiger partial charge on any atom is -0.477 e. The minimum atomic E-state index is -1.02. The molecule has 0 aliphatic rings. The molecule has 0 aromatic carbocycles. The molecule has 3 aromatic rings. The highest BCUT2D eigenvalue weighted by atomic mass is 16.4. The molecule has 3 rings (SSSR count). The number of rotatable bonds is 5. The van der Waals surface area contributed by atoms with E-state index in [9.17, 15) is 4.79 Å². The first-order valence-electron chi connectivity index (χ1n) is 7.18. The number of pyridine rings is 1. The second kappa shape index (κ2) is 6.13. The van der Waals surface area contributed by atoms with Gasteiger partial charge in [-0.15, -0.1) is 0 Å². The molecule has 3 heterocycles. The topological polar surface area (TPSA) is 83.6 Å². The molecule has 118 valence electrons. The number of carboxylic acid groups (broad SMARTS) is 1. The maximum atomic E-state index is 11.1. The van der Waals surface area contributed by atoms with Gasteiger partial charge in [0.2, 0.25) is 0 Å². The zero-order chi connectivity index (χ0) is 16.4. The predicted octanol–water partition coefficient (Wildman–Crippen LogP) is 1.76. The van der Waals surface area contributed by atoms with E-state index in [1.807, 2.05) is 32.4 Å². The van der Waals surface area contributed by atoms with Gasteiger partial charge in [0, 0.05) is 42.9 Å². The Hall–Kier alpha value is -2.80. The summed E-state index contributed by atoms with van der Waals surface area (Å²) in [6.45, 7) is 3.45. The maximum Gasteiger partial charge on any atom is 0.341 e. The molecule has 23 heavy (non-hydrogen) atoms. The summed E-state index contributed by atoms with van der Waals surface area (Å²) < 4.78 is 1.50. The summed E-state index contributed by atoms with van der Waals surface area (Å²) in [5, 5.41) is 13.1. The van der Waals surface area contributed by atoms with Crippen molar-refractivity contribution in [2.24, 2.45) is 0 Å². The summed E-state index contributed by atoms with van der Waals surface area (Å²) in [6, 6.07) is 4.06. The van der Waals surface area contributed by atoms with Gasteiger partial charge in [-0.25, -0.2) is 14.3 Å². The summed E-state index contributed by atoms with van der Waals surface area (Å²) in [7, 11) is 2.02. The Morgan fingerprint density at radius 1 is 1.26 bits per heavy atom. The average molecular weight is 311 g/mol. The van der Waals surface area contributed by atoms with Crippen LogP contribution in [0.3, 0.4) is 0 Å². The van der Waals surface area contributed by atoms with Crippen molar-refractivity contribution in [1.29, 1.82) is 0 Å². The van der Waals surface area contributed by atoms with Gasteiger partial charge in [-0.3, -0.25) is 9.88 Å². The van der Waals surface area contributed by atoms with Crippen molar-refractivity contribution in [3.63, 3.8) is 0 Å². The van der Waals surface area contributed by atoms with Crippen LogP contribution >= 0.6 is 0 Å². The number of hydrogen-bond donors (Lipinski definition) is 1. The fourth-order valence-corrected chi connectivity index (χ4v) is 2.53. The molecule has 0 unspecified atom stereocenters. The van der Waals surface area contributed by atoms with Crippen molar-refractivity contribution in [2.75, 3.05) is 7.05 Å². The van der Waals surface area contributed by atoms with Crippen LogP contribution in [-0.4, -0.2) is 42.6 Å². The SMILES string of the molecule is Cc1cc(CN(C)Cc2cnc3c(C(=O)O)cnn3c2)ccn1. The van der Waals surface area contributed by atoms with Crippen LogP contribution in [0.1, 0.15) is 27.2 Å². The number of carboxylic acids is 1. The molecule has 0 aliphatic carbocycles. The lowest BCUT2D eigenvalue weighted by Gasteiger charge is -2.16. The summed E-state index contributed by atoms with van der Waals surface area (Å²) in [4.78, 5) is 21.6. The van der Waals surface area contributed by atoms with Gasteiger partial charge in [-0.05, 0) is 31.7 Å². The second-order valence-corrected chi connectivity index (χ2v) is 5.57. The van der Waals surface area contributed by atoms with Gasteiger partial charge in [-0.1, -0.05) is 0 Å². The van der Waals surface area contributed by atoms with E-state index in [2.05, 4.69) is 26.0 Å². The van der Waals surface area contributed by atoms with E-state index < -0.39 is 5.97 Å². The van der Waals surface area contributed by atoms with Crippen LogP contribution in [0.4, 0.5) is 0 Å². The van der Waals surface area contributed by atoms with E-state index in [1.54, 1.807) is 6.20 Å². The zero-order valence-electron chi connectivity index (χ0n) is 13.0. The lowest BCUT2D eigenvalue weighted by Crippen LogP contribution is -2.18. The Balaban J connectivity index is 1.74. The Labute approximate surface area is 133 Å². The summed E-state index contributed by atoms with van der Waals surface area (Å²) >= 11 is 0. The Kier molecular flexibility index (Phi) is 4.03. The van der Waals surface area contributed by atoms with Gasteiger partial charge in [0.15, 0.2) is 5.65 Å². The molecule has 0 fully saturated rings. The Morgan fingerprint density at radius 2 is 2.04 bits per heavy atom. The average Bonchev–Trinajstić information content (AvgIpc) is 2.90. The quantitative estimate of drug-likeness (QED) is 0.773. The molecule has 0 saturated heterocycles. The fraction of sp³-hybridized carbons (Fsp3) is 0.250. The largest absolute Gasteiger partial charge is 0.477 e. The molecular formula is C16H17N5O2. The van der Waals surface area contributed by atoms with E-state index in [4.69, 9.17) is 5.11 Å². The van der Waals surface area contributed by atoms with Crippen molar-refractivity contribution in [1.82, 2.24) is 24.5 Å². The van der Waals surface area contributed by atoms with E-state index >= 15 is 0 Å². The lowest BCUT2D eigenvalue weighted by molar-refractivity contribution is 0.0698.